The Morgan fingerprint density at radius 1 is 0.875 bits per heavy atom. The van der Waals surface area contributed by atoms with E-state index in [9.17, 15) is 14.4 Å². The van der Waals surface area contributed by atoms with Crippen LogP contribution in [0.5, 0.6) is 0 Å². The van der Waals surface area contributed by atoms with Crippen LogP contribution in [-0.2, 0) is 4.79 Å². The van der Waals surface area contributed by atoms with Gasteiger partial charge in [0.05, 0.1) is 5.92 Å². The fourth-order valence-corrected chi connectivity index (χ4v) is 4.31. The third-order valence-corrected chi connectivity index (χ3v) is 5.93. The number of carbonyl (C=O) groups is 3. The average molecular weight is 326 g/mol. The van der Waals surface area contributed by atoms with Gasteiger partial charge in [-0.15, -0.1) is 0 Å². The van der Waals surface area contributed by atoms with Crippen LogP contribution in [0.25, 0.3) is 0 Å². The standard InChI is InChI=1S/C21H26O3/c1-21(2,3)14-10-8-13(9-11-14)12-17-18(22)15-6-4-5-7-16(15)19(23)20(17)24/h4-7,13-14,17H,8-12H2,1-3H3/t13?,14?,17-/m0/s1. The number of Topliss-reactive ketones (excluding diaryl/α,β-unsaturated/α-hetero) is 3. The molecule has 2 aliphatic carbocycles. The van der Waals surface area contributed by atoms with E-state index in [0.717, 1.165) is 25.7 Å². The van der Waals surface area contributed by atoms with E-state index in [4.69, 9.17) is 0 Å². The predicted molar refractivity (Wildman–Crippen MR) is 93.1 cm³/mol. The third kappa shape index (κ3) is 3.09. The predicted octanol–water partition coefficient (Wildman–Crippen LogP) is 4.49. The molecular weight excluding hydrogens is 300 g/mol. The number of hydrogen-bond acceptors (Lipinski definition) is 3. The molecule has 0 aliphatic heterocycles. The van der Waals surface area contributed by atoms with Gasteiger partial charge in [0.2, 0.25) is 11.6 Å². The molecule has 0 radical (unpaired) electrons. The first-order valence-electron chi connectivity index (χ1n) is 9.01. The van der Waals surface area contributed by atoms with Gasteiger partial charge in [0, 0.05) is 11.1 Å². The lowest BCUT2D eigenvalue weighted by atomic mass is 9.67. The lowest BCUT2D eigenvalue weighted by molar-refractivity contribution is -0.118. The van der Waals surface area contributed by atoms with Gasteiger partial charge in [-0.25, -0.2) is 0 Å². The van der Waals surface area contributed by atoms with Crippen LogP contribution in [0.3, 0.4) is 0 Å². The lowest BCUT2D eigenvalue weighted by Crippen LogP contribution is -2.38. The molecule has 1 aromatic rings. The van der Waals surface area contributed by atoms with E-state index >= 15 is 0 Å². The van der Waals surface area contributed by atoms with Gasteiger partial charge in [0.25, 0.3) is 0 Å². The van der Waals surface area contributed by atoms with E-state index in [1.807, 2.05) is 0 Å². The normalized spacial score (nSPS) is 28.0. The van der Waals surface area contributed by atoms with Crippen molar-refractivity contribution in [2.24, 2.45) is 23.2 Å². The molecule has 3 heteroatoms. The zero-order chi connectivity index (χ0) is 17.5. The molecule has 0 heterocycles. The largest absolute Gasteiger partial charge is 0.293 e. The van der Waals surface area contributed by atoms with Crippen LogP contribution in [0.1, 0.15) is 73.6 Å². The molecule has 0 bridgehead atoms. The van der Waals surface area contributed by atoms with Gasteiger partial charge in [0.15, 0.2) is 5.78 Å². The van der Waals surface area contributed by atoms with Crippen molar-refractivity contribution >= 4 is 17.3 Å². The van der Waals surface area contributed by atoms with Crippen molar-refractivity contribution in [1.82, 2.24) is 0 Å². The molecule has 0 unspecified atom stereocenters. The van der Waals surface area contributed by atoms with Gasteiger partial charge in [0.1, 0.15) is 0 Å². The Morgan fingerprint density at radius 2 is 1.46 bits per heavy atom. The minimum absolute atomic E-state index is 0.159. The van der Waals surface area contributed by atoms with Crippen LogP contribution in [0, 0.1) is 23.2 Å². The summed E-state index contributed by atoms with van der Waals surface area (Å²) in [5, 5.41) is 0. The van der Waals surface area contributed by atoms with E-state index < -0.39 is 17.5 Å². The van der Waals surface area contributed by atoms with Gasteiger partial charge in [-0.2, -0.15) is 0 Å². The Kier molecular flexibility index (Phi) is 4.46. The third-order valence-electron chi connectivity index (χ3n) is 5.93. The van der Waals surface area contributed by atoms with E-state index in [0.29, 0.717) is 29.2 Å². The van der Waals surface area contributed by atoms with E-state index in [1.165, 1.54) is 0 Å². The fourth-order valence-electron chi connectivity index (χ4n) is 4.31. The molecule has 24 heavy (non-hydrogen) atoms. The van der Waals surface area contributed by atoms with Gasteiger partial charge >= 0.3 is 0 Å². The quantitative estimate of drug-likeness (QED) is 0.594. The zero-order valence-corrected chi connectivity index (χ0v) is 14.8. The summed E-state index contributed by atoms with van der Waals surface area (Å²) in [4.78, 5) is 37.4. The molecule has 1 saturated carbocycles. The number of ketones is 3. The summed E-state index contributed by atoms with van der Waals surface area (Å²) in [5.41, 5.74) is 1.02. The Labute approximate surface area is 143 Å². The van der Waals surface area contributed by atoms with E-state index in [2.05, 4.69) is 20.8 Å². The van der Waals surface area contributed by atoms with Crippen molar-refractivity contribution in [2.45, 2.75) is 52.9 Å². The molecule has 1 atom stereocenters. The van der Waals surface area contributed by atoms with Crippen LogP contribution in [-0.4, -0.2) is 17.3 Å². The first kappa shape index (κ1) is 17.1. The van der Waals surface area contributed by atoms with Crippen LogP contribution < -0.4 is 0 Å². The number of fused-ring (bicyclic) bond motifs is 1. The second-order valence-electron chi connectivity index (χ2n) is 8.48. The highest BCUT2D eigenvalue weighted by Gasteiger charge is 2.41. The zero-order valence-electron chi connectivity index (χ0n) is 14.8. The van der Waals surface area contributed by atoms with Crippen molar-refractivity contribution in [3.8, 4) is 0 Å². The fraction of sp³-hybridized carbons (Fsp3) is 0.571. The smallest absolute Gasteiger partial charge is 0.230 e. The topological polar surface area (TPSA) is 51.2 Å². The lowest BCUT2D eigenvalue weighted by Gasteiger charge is -2.37. The maximum Gasteiger partial charge on any atom is 0.230 e. The minimum Gasteiger partial charge on any atom is -0.293 e. The molecule has 2 aliphatic rings. The molecular formula is C21H26O3. The molecule has 0 aromatic heterocycles. The number of carbonyl (C=O) groups excluding carboxylic acids is 3. The second kappa shape index (κ2) is 6.27. The Balaban J connectivity index is 1.72. The summed E-state index contributed by atoms with van der Waals surface area (Å²) in [5.74, 6) is -0.833. The molecule has 1 fully saturated rings. The van der Waals surface area contributed by atoms with Crippen LogP contribution in [0.4, 0.5) is 0 Å². The summed E-state index contributed by atoms with van der Waals surface area (Å²) in [6.07, 6.45) is 4.93. The van der Waals surface area contributed by atoms with E-state index in [-0.39, 0.29) is 11.3 Å². The highest BCUT2D eigenvalue weighted by molar-refractivity contribution is 6.51. The number of rotatable bonds is 2. The summed E-state index contributed by atoms with van der Waals surface area (Å²) in [7, 11) is 0. The maximum absolute atomic E-state index is 12.7. The summed E-state index contributed by atoms with van der Waals surface area (Å²) in [6, 6.07) is 6.71. The molecule has 0 spiro atoms. The van der Waals surface area contributed by atoms with Crippen molar-refractivity contribution < 1.29 is 14.4 Å². The summed E-state index contributed by atoms with van der Waals surface area (Å²) in [6.45, 7) is 6.84. The first-order valence-corrected chi connectivity index (χ1v) is 9.01. The van der Waals surface area contributed by atoms with Crippen molar-refractivity contribution in [2.75, 3.05) is 0 Å². The molecule has 0 N–H and O–H groups in total. The number of benzene rings is 1. The van der Waals surface area contributed by atoms with Crippen LogP contribution in [0.2, 0.25) is 0 Å². The Bertz CT molecular complexity index is 673. The van der Waals surface area contributed by atoms with Crippen LogP contribution in [0.15, 0.2) is 24.3 Å². The van der Waals surface area contributed by atoms with Crippen LogP contribution >= 0.6 is 0 Å². The molecule has 1 aromatic carbocycles. The Morgan fingerprint density at radius 3 is 2.04 bits per heavy atom. The first-order chi connectivity index (χ1) is 11.3. The number of hydrogen-bond donors (Lipinski definition) is 0. The SMILES string of the molecule is CC(C)(C)C1CCC(C[C@@H]2C(=O)C(=O)c3ccccc3C2=O)CC1. The average Bonchev–Trinajstić information content (AvgIpc) is 2.56. The summed E-state index contributed by atoms with van der Waals surface area (Å²) < 4.78 is 0. The van der Waals surface area contributed by atoms with Gasteiger partial charge in [-0.05, 0) is 36.5 Å². The van der Waals surface area contributed by atoms with Gasteiger partial charge < -0.3 is 0 Å². The second-order valence-corrected chi connectivity index (χ2v) is 8.48. The monoisotopic (exact) mass is 326 g/mol. The van der Waals surface area contributed by atoms with Crippen molar-refractivity contribution in [3.05, 3.63) is 35.4 Å². The van der Waals surface area contributed by atoms with Crippen molar-refractivity contribution in [1.29, 1.82) is 0 Å². The minimum atomic E-state index is -0.761. The molecule has 0 saturated heterocycles. The van der Waals surface area contributed by atoms with Gasteiger partial charge in [-0.3, -0.25) is 14.4 Å². The summed E-state index contributed by atoms with van der Waals surface area (Å²) >= 11 is 0. The maximum atomic E-state index is 12.7. The molecule has 0 amide bonds. The molecule has 3 rings (SSSR count). The van der Waals surface area contributed by atoms with E-state index in [1.54, 1.807) is 24.3 Å². The highest BCUT2D eigenvalue weighted by atomic mass is 16.2. The van der Waals surface area contributed by atoms with Crippen molar-refractivity contribution in [3.63, 3.8) is 0 Å². The van der Waals surface area contributed by atoms with Gasteiger partial charge in [-0.1, -0.05) is 57.9 Å². The highest BCUT2D eigenvalue weighted by Crippen LogP contribution is 2.42. The molecule has 3 nitrogen and oxygen atoms in total. The Hall–Kier alpha value is -1.77. The molecule has 128 valence electrons.